The number of hydrogen-bond donors (Lipinski definition) is 4. The lowest BCUT2D eigenvalue weighted by molar-refractivity contribution is -0.136. The lowest BCUT2D eigenvalue weighted by Crippen LogP contribution is -2.44. The lowest BCUT2D eigenvalue weighted by atomic mass is 10.0. The summed E-state index contributed by atoms with van der Waals surface area (Å²) < 4.78 is 52.2. The van der Waals surface area contributed by atoms with E-state index in [1.165, 1.54) is 0 Å². The van der Waals surface area contributed by atoms with Crippen molar-refractivity contribution in [2.24, 2.45) is 5.73 Å². The molecule has 0 bridgehead atoms. The topological polar surface area (TPSA) is 136 Å². The van der Waals surface area contributed by atoms with E-state index in [9.17, 15) is 23.1 Å². The number of benzene rings is 1. The highest BCUT2D eigenvalue weighted by atomic mass is 32.1. The van der Waals surface area contributed by atoms with Crippen LogP contribution in [0.3, 0.4) is 0 Å². The van der Waals surface area contributed by atoms with Crippen molar-refractivity contribution in [3.05, 3.63) is 40.3 Å². The fraction of sp³-hybridized carbons (Fsp3) is 0.391. The van der Waals surface area contributed by atoms with Crippen LogP contribution in [0.4, 0.5) is 24.7 Å². The summed E-state index contributed by atoms with van der Waals surface area (Å²) in [6.07, 6.45) is -4.13. The Hall–Kier alpha value is -3.29. The summed E-state index contributed by atoms with van der Waals surface area (Å²) in [7, 11) is 0. The van der Waals surface area contributed by atoms with Crippen LogP contribution < -0.4 is 31.2 Å². The molecule has 1 saturated heterocycles. The van der Waals surface area contributed by atoms with Gasteiger partial charge in [-0.3, -0.25) is 4.79 Å². The number of nitrogens with zero attached hydrogens (tertiary/aromatic N) is 2. The first-order valence-corrected chi connectivity index (χ1v) is 12.1. The molecule has 6 N–H and O–H groups in total. The monoisotopic (exact) mass is 523 g/mol. The molecule has 2 aliphatic heterocycles. The van der Waals surface area contributed by atoms with Crippen molar-refractivity contribution in [3.8, 4) is 11.5 Å². The van der Waals surface area contributed by atoms with E-state index in [1.54, 1.807) is 23.1 Å². The molecule has 0 radical (unpaired) electrons. The number of alkyl halides is 3. The van der Waals surface area contributed by atoms with E-state index in [4.69, 9.17) is 20.9 Å². The number of fused-ring (bicyclic) bond motifs is 2. The van der Waals surface area contributed by atoms with Gasteiger partial charge in [0.1, 0.15) is 15.5 Å². The zero-order chi connectivity index (χ0) is 25.6. The third-order valence-electron chi connectivity index (χ3n) is 6.41. The quantitative estimate of drug-likeness (QED) is 0.387. The number of aliphatic hydroxyl groups excluding tert-OH is 1. The number of carbonyl (C=O) groups is 1. The smallest absolute Gasteiger partial charge is 0.417 e. The van der Waals surface area contributed by atoms with Gasteiger partial charge in [-0.05, 0) is 36.6 Å². The Bertz CT molecular complexity index is 1310. The molecule has 5 rings (SSSR count). The average Bonchev–Trinajstić information content (AvgIpc) is 3.45. The third-order valence-corrected chi connectivity index (χ3v) is 7.53. The zero-order valence-corrected chi connectivity index (χ0v) is 19.8. The Morgan fingerprint density at radius 1 is 1.25 bits per heavy atom. The number of primary amides is 1. The van der Waals surface area contributed by atoms with Gasteiger partial charge in [0.25, 0.3) is 5.91 Å². The van der Waals surface area contributed by atoms with Crippen molar-refractivity contribution >= 4 is 39.0 Å². The number of rotatable bonds is 6. The SMILES string of the molecule is NC(=O)c1sc2nc(N3CCC(NCC(O)c4ccc5c(c4)OCO5)CC3)cc(C(F)(F)F)c2c1N. The molecule has 36 heavy (non-hydrogen) atoms. The average molecular weight is 524 g/mol. The molecule has 2 aliphatic rings. The number of hydrogen-bond acceptors (Lipinski definition) is 9. The van der Waals surface area contributed by atoms with Crippen molar-refractivity contribution in [2.75, 3.05) is 37.1 Å². The predicted molar refractivity (Wildman–Crippen MR) is 128 cm³/mol. The molecule has 0 aliphatic carbocycles. The maximum atomic E-state index is 13.8. The number of anilines is 2. The van der Waals surface area contributed by atoms with Crippen LogP contribution in [0, 0.1) is 0 Å². The van der Waals surface area contributed by atoms with Crippen molar-refractivity contribution < 1.29 is 32.5 Å². The summed E-state index contributed by atoms with van der Waals surface area (Å²) in [6.45, 7) is 1.41. The van der Waals surface area contributed by atoms with E-state index in [-0.39, 0.29) is 39.4 Å². The Kier molecular flexibility index (Phi) is 6.30. The summed E-state index contributed by atoms with van der Waals surface area (Å²) in [4.78, 5) is 17.7. The van der Waals surface area contributed by atoms with Crippen molar-refractivity contribution in [1.82, 2.24) is 10.3 Å². The molecule has 0 spiro atoms. The van der Waals surface area contributed by atoms with E-state index in [0.29, 0.717) is 49.5 Å². The third kappa shape index (κ3) is 4.61. The number of amides is 1. The highest BCUT2D eigenvalue weighted by molar-refractivity contribution is 7.21. The fourth-order valence-corrected chi connectivity index (χ4v) is 5.47. The number of ether oxygens (including phenoxy) is 2. The minimum atomic E-state index is -4.68. The van der Waals surface area contributed by atoms with Gasteiger partial charge in [-0.15, -0.1) is 11.3 Å². The summed E-state index contributed by atoms with van der Waals surface area (Å²) >= 11 is 0.763. The largest absolute Gasteiger partial charge is 0.454 e. The second-order valence-corrected chi connectivity index (χ2v) is 9.71. The van der Waals surface area contributed by atoms with Crippen LogP contribution in [0.2, 0.25) is 0 Å². The molecular formula is C23H24F3N5O4S. The molecule has 2 aromatic heterocycles. The summed E-state index contributed by atoms with van der Waals surface area (Å²) in [6, 6.07) is 6.34. The number of aromatic nitrogens is 1. The van der Waals surface area contributed by atoms with E-state index >= 15 is 0 Å². The zero-order valence-electron chi connectivity index (χ0n) is 19.0. The molecule has 9 nitrogen and oxygen atoms in total. The summed E-state index contributed by atoms with van der Waals surface area (Å²) in [5.74, 6) is 0.520. The van der Waals surface area contributed by atoms with Gasteiger partial charge < -0.3 is 36.3 Å². The van der Waals surface area contributed by atoms with Crippen LogP contribution in [0.1, 0.15) is 39.7 Å². The Morgan fingerprint density at radius 3 is 2.67 bits per heavy atom. The number of carbonyl (C=O) groups excluding carboxylic acids is 1. The number of thiophene rings is 1. The number of aliphatic hydroxyl groups is 1. The predicted octanol–water partition coefficient (Wildman–Crippen LogP) is 3.02. The first-order valence-electron chi connectivity index (χ1n) is 11.3. The maximum Gasteiger partial charge on any atom is 0.417 e. The molecular weight excluding hydrogens is 499 g/mol. The van der Waals surface area contributed by atoms with Crippen LogP contribution in [0.25, 0.3) is 10.2 Å². The van der Waals surface area contributed by atoms with Crippen LogP contribution in [-0.2, 0) is 6.18 Å². The maximum absolute atomic E-state index is 13.8. The number of nitrogens with two attached hydrogens (primary N) is 2. The fourth-order valence-electron chi connectivity index (χ4n) is 4.51. The molecule has 4 heterocycles. The van der Waals surface area contributed by atoms with Gasteiger partial charge in [0.05, 0.1) is 17.4 Å². The Balaban J connectivity index is 1.26. The highest BCUT2D eigenvalue weighted by Crippen LogP contribution is 2.43. The normalized spacial score (nSPS) is 17.1. The molecule has 0 saturated carbocycles. The molecule has 1 amide bonds. The molecule has 192 valence electrons. The van der Waals surface area contributed by atoms with E-state index in [1.807, 2.05) is 0 Å². The first-order chi connectivity index (χ1) is 17.1. The van der Waals surface area contributed by atoms with Crippen molar-refractivity contribution in [1.29, 1.82) is 0 Å². The minimum Gasteiger partial charge on any atom is -0.454 e. The molecule has 1 fully saturated rings. The van der Waals surface area contributed by atoms with Gasteiger partial charge >= 0.3 is 6.18 Å². The number of nitrogens with one attached hydrogen (secondary N) is 1. The molecule has 1 aromatic carbocycles. The highest BCUT2D eigenvalue weighted by Gasteiger charge is 2.37. The standard InChI is InChI=1S/C23H24F3N5O4S/c24-23(25,26)13-8-17(30-22-18(13)19(27)20(36-22)21(28)33)31-5-3-12(4-6-31)29-9-14(32)11-1-2-15-16(7-11)35-10-34-15/h1-2,7-8,12,14,29,32H,3-6,9-10,27H2,(H2,28,33). The summed E-state index contributed by atoms with van der Waals surface area (Å²) in [5.41, 5.74) is 10.6. The van der Waals surface area contributed by atoms with Crippen molar-refractivity contribution in [3.63, 3.8) is 0 Å². The van der Waals surface area contributed by atoms with Gasteiger partial charge in [-0.1, -0.05) is 6.07 Å². The van der Waals surface area contributed by atoms with Gasteiger partial charge in [0.15, 0.2) is 11.5 Å². The number of pyridine rings is 1. The molecule has 3 aromatic rings. The van der Waals surface area contributed by atoms with E-state index in [2.05, 4.69) is 10.3 Å². The first kappa shape index (κ1) is 24.4. The van der Waals surface area contributed by atoms with Gasteiger partial charge in [-0.25, -0.2) is 4.98 Å². The van der Waals surface area contributed by atoms with Gasteiger partial charge in [0, 0.05) is 31.1 Å². The van der Waals surface area contributed by atoms with Gasteiger partial charge in [-0.2, -0.15) is 13.2 Å². The van der Waals surface area contributed by atoms with Crippen LogP contribution >= 0.6 is 11.3 Å². The number of nitrogen functional groups attached to an aromatic ring is 1. The van der Waals surface area contributed by atoms with Crippen molar-refractivity contribution in [2.45, 2.75) is 31.2 Å². The molecule has 13 heteroatoms. The number of halogens is 3. The Labute approximate surface area is 207 Å². The lowest BCUT2D eigenvalue weighted by Gasteiger charge is -2.34. The Morgan fingerprint density at radius 2 is 1.97 bits per heavy atom. The van der Waals surface area contributed by atoms with Gasteiger partial charge in [0.2, 0.25) is 6.79 Å². The second-order valence-electron chi connectivity index (χ2n) is 8.71. The van der Waals surface area contributed by atoms with E-state index < -0.39 is 23.8 Å². The second kappa shape index (κ2) is 9.30. The van der Waals surface area contributed by atoms with Crippen LogP contribution in [0.15, 0.2) is 24.3 Å². The molecule has 1 atom stereocenters. The van der Waals surface area contributed by atoms with Crippen LogP contribution in [-0.4, -0.2) is 48.5 Å². The van der Waals surface area contributed by atoms with Crippen LogP contribution in [0.5, 0.6) is 11.5 Å². The van der Waals surface area contributed by atoms with E-state index in [0.717, 1.165) is 17.4 Å². The minimum absolute atomic E-state index is 0.0261. The summed E-state index contributed by atoms with van der Waals surface area (Å²) in [5, 5.41) is 13.6. The number of piperidine rings is 1. The molecule has 1 unspecified atom stereocenters.